The van der Waals surface area contributed by atoms with E-state index in [9.17, 15) is 0 Å². The topological polar surface area (TPSA) is 33.0 Å². The molecule has 2 heteroatoms. The van der Waals surface area contributed by atoms with Crippen molar-refractivity contribution in [2.45, 2.75) is 51.7 Å². The lowest BCUT2D eigenvalue weighted by atomic mass is 9.85. The number of hydrogen-bond acceptors (Lipinski definition) is 2. The Balaban J connectivity index is 1.96. The minimum absolute atomic E-state index is 0.148. The normalized spacial score (nSPS) is 37.4. The highest BCUT2D eigenvalue weighted by atomic mass is 16.5. The predicted molar refractivity (Wildman–Crippen MR) is 54.6 cm³/mol. The smallest absolute Gasteiger partial charge is 0.147 e. The fourth-order valence-electron chi connectivity index (χ4n) is 3.19. The van der Waals surface area contributed by atoms with Gasteiger partial charge in [0.1, 0.15) is 6.10 Å². The Morgan fingerprint density at radius 3 is 2.50 bits per heavy atom. The van der Waals surface area contributed by atoms with Gasteiger partial charge in [-0.05, 0) is 44.9 Å². The number of rotatable bonds is 3. The van der Waals surface area contributed by atoms with Gasteiger partial charge in [-0.15, -0.1) is 0 Å². The largest absolute Gasteiger partial charge is 0.360 e. The molecule has 4 unspecified atom stereocenters. The molecule has 0 N–H and O–H groups in total. The standard InChI is InChI=1S/C12H19NO/c1-8(2)14-12(7-13)11-6-9-3-4-10(11)5-9/h8-12H,3-6H2,1-2H3. The molecule has 2 bridgehead atoms. The molecule has 0 heterocycles. The molecule has 0 aliphatic heterocycles. The summed E-state index contributed by atoms with van der Waals surface area (Å²) in [6.07, 6.45) is 5.33. The molecule has 2 fully saturated rings. The number of nitriles is 1. The van der Waals surface area contributed by atoms with E-state index in [0.29, 0.717) is 5.92 Å². The highest BCUT2D eigenvalue weighted by molar-refractivity contribution is 5.00. The van der Waals surface area contributed by atoms with E-state index in [2.05, 4.69) is 6.07 Å². The number of nitrogens with zero attached hydrogens (tertiary/aromatic N) is 1. The average Bonchev–Trinajstić information content (AvgIpc) is 2.74. The summed E-state index contributed by atoms with van der Waals surface area (Å²) < 4.78 is 5.67. The Hall–Kier alpha value is -0.550. The van der Waals surface area contributed by atoms with Crippen molar-refractivity contribution in [2.24, 2.45) is 17.8 Å². The fraction of sp³-hybridized carbons (Fsp3) is 0.917. The van der Waals surface area contributed by atoms with Crippen LogP contribution in [0.15, 0.2) is 0 Å². The van der Waals surface area contributed by atoms with Crippen LogP contribution >= 0.6 is 0 Å². The van der Waals surface area contributed by atoms with E-state index in [1.54, 1.807) is 0 Å². The third-order valence-electron chi connectivity index (χ3n) is 3.73. The summed E-state index contributed by atoms with van der Waals surface area (Å²) in [5.41, 5.74) is 0. The molecule has 2 nitrogen and oxygen atoms in total. The van der Waals surface area contributed by atoms with Crippen molar-refractivity contribution in [1.82, 2.24) is 0 Å². The summed E-state index contributed by atoms with van der Waals surface area (Å²) in [6, 6.07) is 2.34. The molecule has 78 valence electrons. The molecule has 0 aromatic carbocycles. The fourth-order valence-corrected chi connectivity index (χ4v) is 3.19. The lowest BCUT2D eigenvalue weighted by molar-refractivity contribution is -0.00765. The summed E-state index contributed by atoms with van der Waals surface area (Å²) >= 11 is 0. The monoisotopic (exact) mass is 193 g/mol. The van der Waals surface area contributed by atoms with Crippen LogP contribution in [0.25, 0.3) is 0 Å². The molecule has 0 aromatic heterocycles. The average molecular weight is 193 g/mol. The first kappa shape index (κ1) is 9.98. The lowest BCUT2D eigenvalue weighted by Gasteiger charge is -2.27. The minimum Gasteiger partial charge on any atom is -0.360 e. The van der Waals surface area contributed by atoms with Crippen LogP contribution in [0, 0.1) is 29.1 Å². The molecule has 2 saturated carbocycles. The van der Waals surface area contributed by atoms with E-state index >= 15 is 0 Å². The van der Waals surface area contributed by atoms with Gasteiger partial charge in [0.2, 0.25) is 0 Å². The summed E-state index contributed by atoms with van der Waals surface area (Å²) in [5, 5.41) is 9.09. The third kappa shape index (κ3) is 1.79. The van der Waals surface area contributed by atoms with Crippen molar-refractivity contribution in [1.29, 1.82) is 5.26 Å². The van der Waals surface area contributed by atoms with E-state index in [1.807, 2.05) is 13.8 Å². The maximum atomic E-state index is 9.09. The van der Waals surface area contributed by atoms with Gasteiger partial charge >= 0.3 is 0 Å². The summed E-state index contributed by atoms with van der Waals surface area (Å²) in [6.45, 7) is 4.02. The Bertz CT molecular complexity index is 243. The van der Waals surface area contributed by atoms with Crippen molar-refractivity contribution in [3.8, 4) is 6.07 Å². The van der Waals surface area contributed by atoms with E-state index in [-0.39, 0.29) is 12.2 Å². The number of ether oxygens (including phenoxy) is 1. The lowest BCUT2D eigenvalue weighted by Crippen LogP contribution is -2.29. The number of hydrogen-bond donors (Lipinski definition) is 0. The molecular weight excluding hydrogens is 174 g/mol. The molecule has 4 atom stereocenters. The molecule has 0 radical (unpaired) electrons. The maximum absolute atomic E-state index is 9.09. The summed E-state index contributed by atoms with van der Waals surface area (Å²) in [4.78, 5) is 0. The first-order valence-corrected chi connectivity index (χ1v) is 5.75. The zero-order chi connectivity index (χ0) is 10.1. The van der Waals surface area contributed by atoms with E-state index < -0.39 is 0 Å². The Morgan fingerprint density at radius 1 is 1.29 bits per heavy atom. The Morgan fingerprint density at radius 2 is 2.07 bits per heavy atom. The van der Waals surface area contributed by atoms with Gasteiger partial charge in [0.05, 0.1) is 12.2 Å². The molecular formula is C12H19NO. The maximum Gasteiger partial charge on any atom is 0.147 e. The predicted octanol–water partition coefficient (Wildman–Crippen LogP) is 2.74. The Labute approximate surface area is 86.2 Å². The summed E-state index contributed by atoms with van der Waals surface area (Å²) in [5.74, 6) is 2.21. The van der Waals surface area contributed by atoms with E-state index in [4.69, 9.17) is 10.00 Å². The van der Waals surface area contributed by atoms with Crippen LogP contribution in [0.2, 0.25) is 0 Å². The molecule has 0 saturated heterocycles. The zero-order valence-electron chi connectivity index (χ0n) is 9.07. The van der Waals surface area contributed by atoms with Gasteiger partial charge in [-0.25, -0.2) is 0 Å². The van der Waals surface area contributed by atoms with Crippen LogP contribution in [-0.4, -0.2) is 12.2 Å². The second-order valence-electron chi connectivity index (χ2n) is 5.07. The molecule has 2 aliphatic rings. The highest BCUT2D eigenvalue weighted by Crippen LogP contribution is 2.50. The SMILES string of the molecule is CC(C)OC(C#N)C1CC2CCC1C2. The number of fused-ring (bicyclic) bond motifs is 2. The van der Waals surface area contributed by atoms with Crippen LogP contribution < -0.4 is 0 Å². The Kier molecular flexibility index (Phi) is 2.78. The van der Waals surface area contributed by atoms with Crippen LogP contribution in [-0.2, 0) is 4.74 Å². The molecule has 2 rings (SSSR count). The van der Waals surface area contributed by atoms with E-state index in [1.165, 1.54) is 25.7 Å². The second-order valence-corrected chi connectivity index (χ2v) is 5.07. The van der Waals surface area contributed by atoms with Gasteiger partial charge in [-0.1, -0.05) is 6.42 Å². The van der Waals surface area contributed by atoms with Crippen molar-refractivity contribution in [2.75, 3.05) is 0 Å². The zero-order valence-corrected chi connectivity index (χ0v) is 9.07. The van der Waals surface area contributed by atoms with Crippen LogP contribution in [0.5, 0.6) is 0 Å². The van der Waals surface area contributed by atoms with Gasteiger partial charge in [0.15, 0.2) is 0 Å². The van der Waals surface area contributed by atoms with Crippen molar-refractivity contribution in [3.63, 3.8) is 0 Å². The van der Waals surface area contributed by atoms with Gasteiger partial charge in [0.25, 0.3) is 0 Å². The van der Waals surface area contributed by atoms with Crippen LogP contribution in [0.3, 0.4) is 0 Å². The first-order chi connectivity index (χ1) is 6.70. The first-order valence-electron chi connectivity index (χ1n) is 5.75. The molecule has 2 aliphatic carbocycles. The van der Waals surface area contributed by atoms with Crippen LogP contribution in [0.4, 0.5) is 0 Å². The van der Waals surface area contributed by atoms with Gasteiger partial charge in [-0.2, -0.15) is 5.26 Å². The molecule has 0 aromatic rings. The second kappa shape index (κ2) is 3.90. The van der Waals surface area contributed by atoms with Crippen molar-refractivity contribution < 1.29 is 4.74 Å². The van der Waals surface area contributed by atoms with E-state index in [0.717, 1.165) is 11.8 Å². The quantitative estimate of drug-likeness (QED) is 0.690. The van der Waals surface area contributed by atoms with Crippen molar-refractivity contribution >= 4 is 0 Å². The highest BCUT2D eigenvalue weighted by Gasteiger charge is 2.43. The van der Waals surface area contributed by atoms with Gasteiger partial charge < -0.3 is 4.74 Å². The minimum atomic E-state index is -0.148. The molecule has 14 heavy (non-hydrogen) atoms. The molecule has 0 spiro atoms. The van der Waals surface area contributed by atoms with Crippen LogP contribution in [0.1, 0.15) is 39.5 Å². The van der Waals surface area contributed by atoms with Gasteiger partial charge in [-0.3, -0.25) is 0 Å². The summed E-state index contributed by atoms with van der Waals surface area (Å²) in [7, 11) is 0. The van der Waals surface area contributed by atoms with Gasteiger partial charge in [0, 0.05) is 5.92 Å². The van der Waals surface area contributed by atoms with Crippen molar-refractivity contribution in [3.05, 3.63) is 0 Å². The molecule has 0 amide bonds. The third-order valence-corrected chi connectivity index (χ3v) is 3.73.